The quantitative estimate of drug-likeness (QED) is 0.755. The predicted molar refractivity (Wildman–Crippen MR) is 88.7 cm³/mol. The Balaban J connectivity index is 1.79. The third-order valence-corrected chi connectivity index (χ3v) is 5.95. The Kier molecular flexibility index (Phi) is 4.49. The van der Waals surface area contributed by atoms with Crippen molar-refractivity contribution in [3.63, 3.8) is 0 Å². The molecule has 2 heterocycles. The molecule has 1 aromatic rings. The van der Waals surface area contributed by atoms with E-state index in [4.69, 9.17) is 0 Å². The molecule has 1 saturated carbocycles. The third kappa shape index (κ3) is 3.53. The summed E-state index contributed by atoms with van der Waals surface area (Å²) in [5, 5.41) is 13.7. The SMILES string of the molecule is O=C(NC1C=CS(=O)(=O)C1)c1cc(O)c(C2CCCCC2)[nH]c1=O. The lowest BCUT2D eigenvalue weighted by Crippen LogP contribution is -2.38. The number of hydrogen-bond acceptors (Lipinski definition) is 5. The number of amides is 1. The van der Waals surface area contributed by atoms with Crippen LogP contribution in [0.2, 0.25) is 0 Å². The molecule has 1 fully saturated rings. The first-order valence-corrected chi connectivity index (χ1v) is 9.75. The first-order valence-electron chi connectivity index (χ1n) is 8.04. The van der Waals surface area contributed by atoms with Crippen molar-refractivity contribution in [3.05, 3.63) is 39.2 Å². The fourth-order valence-corrected chi connectivity index (χ4v) is 4.55. The van der Waals surface area contributed by atoms with Crippen LogP contribution < -0.4 is 10.9 Å². The van der Waals surface area contributed by atoms with Crippen molar-refractivity contribution in [3.8, 4) is 5.75 Å². The zero-order chi connectivity index (χ0) is 17.3. The highest BCUT2D eigenvalue weighted by Crippen LogP contribution is 2.35. The van der Waals surface area contributed by atoms with Gasteiger partial charge < -0.3 is 15.4 Å². The minimum atomic E-state index is -3.29. The highest BCUT2D eigenvalue weighted by molar-refractivity contribution is 7.94. The fourth-order valence-electron chi connectivity index (χ4n) is 3.32. The Morgan fingerprint density at radius 1 is 1.25 bits per heavy atom. The summed E-state index contributed by atoms with van der Waals surface area (Å²) in [6, 6.07) is 0.507. The Bertz CT molecular complexity index is 835. The minimum Gasteiger partial charge on any atom is -0.506 e. The van der Waals surface area contributed by atoms with Gasteiger partial charge in [0.1, 0.15) is 11.3 Å². The van der Waals surface area contributed by atoms with Gasteiger partial charge in [0.2, 0.25) is 0 Å². The molecule has 1 amide bonds. The summed E-state index contributed by atoms with van der Waals surface area (Å²) < 4.78 is 22.7. The summed E-state index contributed by atoms with van der Waals surface area (Å²) in [5.41, 5.74) is -0.306. The van der Waals surface area contributed by atoms with Crippen molar-refractivity contribution in [2.75, 3.05) is 5.75 Å². The van der Waals surface area contributed by atoms with Gasteiger partial charge in [0.05, 0.1) is 17.5 Å². The maximum absolute atomic E-state index is 12.2. The Morgan fingerprint density at radius 3 is 2.58 bits per heavy atom. The second-order valence-corrected chi connectivity index (χ2v) is 8.32. The monoisotopic (exact) mass is 352 g/mol. The van der Waals surface area contributed by atoms with E-state index in [-0.39, 0.29) is 23.0 Å². The van der Waals surface area contributed by atoms with Crippen molar-refractivity contribution in [1.82, 2.24) is 10.3 Å². The molecule has 24 heavy (non-hydrogen) atoms. The molecule has 1 aliphatic carbocycles. The second kappa shape index (κ2) is 6.43. The highest BCUT2D eigenvalue weighted by Gasteiger charge is 2.26. The topological polar surface area (TPSA) is 116 Å². The minimum absolute atomic E-state index is 0.0961. The van der Waals surface area contributed by atoms with E-state index in [1.807, 2.05) is 0 Å². The van der Waals surface area contributed by atoms with Crippen LogP contribution >= 0.6 is 0 Å². The maximum Gasteiger partial charge on any atom is 0.261 e. The summed E-state index contributed by atoms with van der Waals surface area (Å²) in [6.07, 6.45) is 6.44. The van der Waals surface area contributed by atoms with Crippen molar-refractivity contribution in [2.24, 2.45) is 0 Å². The van der Waals surface area contributed by atoms with E-state index in [2.05, 4.69) is 10.3 Å². The lowest BCUT2D eigenvalue weighted by atomic mass is 9.86. The maximum atomic E-state index is 12.2. The van der Waals surface area contributed by atoms with Gasteiger partial charge in [0, 0.05) is 17.4 Å². The number of carbonyl (C=O) groups excluding carboxylic acids is 1. The number of aromatic nitrogens is 1. The molecular weight excluding hydrogens is 332 g/mol. The molecule has 8 heteroatoms. The first-order chi connectivity index (χ1) is 11.4. The van der Waals surface area contributed by atoms with Crippen LogP contribution in [0, 0.1) is 0 Å². The van der Waals surface area contributed by atoms with Gasteiger partial charge in [-0.1, -0.05) is 19.3 Å². The van der Waals surface area contributed by atoms with Gasteiger partial charge in [-0.15, -0.1) is 0 Å². The number of hydrogen-bond donors (Lipinski definition) is 3. The molecule has 0 radical (unpaired) electrons. The van der Waals surface area contributed by atoms with Gasteiger partial charge in [0.15, 0.2) is 9.84 Å². The number of carbonyl (C=O) groups is 1. The molecule has 3 N–H and O–H groups in total. The molecule has 1 aromatic heterocycles. The highest BCUT2D eigenvalue weighted by atomic mass is 32.2. The van der Waals surface area contributed by atoms with Crippen LogP contribution in [-0.4, -0.2) is 36.2 Å². The van der Waals surface area contributed by atoms with Gasteiger partial charge in [-0.25, -0.2) is 8.42 Å². The first kappa shape index (κ1) is 16.8. The number of aromatic amines is 1. The summed E-state index contributed by atoms with van der Waals surface area (Å²) in [4.78, 5) is 27.0. The Morgan fingerprint density at radius 2 is 1.96 bits per heavy atom. The molecule has 0 aromatic carbocycles. The Labute approximate surface area is 139 Å². The van der Waals surface area contributed by atoms with Crippen LogP contribution in [0.1, 0.15) is 54.1 Å². The fraction of sp³-hybridized carbons (Fsp3) is 0.500. The van der Waals surface area contributed by atoms with Crippen LogP contribution in [0.5, 0.6) is 5.75 Å². The number of pyridine rings is 1. The molecule has 0 bridgehead atoms. The molecule has 0 spiro atoms. The average Bonchev–Trinajstić information content (AvgIpc) is 2.88. The van der Waals surface area contributed by atoms with Crippen molar-refractivity contribution in [1.29, 1.82) is 0 Å². The van der Waals surface area contributed by atoms with Gasteiger partial charge in [-0.05, 0) is 18.9 Å². The van der Waals surface area contributed by atoms with Crippen molar-refractivity contribution in [2.45, 2.75) is 44.1 Å². The zero-order valence-electron chi connectivity index (χ0n) is 13.1. The van der Waals surface area contributed by atoms with E-state index in [1.165, 1.54) is 12.1 Å². The summed E-state index contributed by atoms with van der Waals surface area (Å²) in [6.45, 7) is 0. The molecule has 7 nitrogen and oxygen atoms in total. The van der Waals surface area contributed by atoms with Crippen molar-refractivity contribution >= 4 is 15.7 Å². The second-order valence-electron chi connectivity index (χ2n) is 6.38. The van der Waals surface area contributed by atoms with Crippen LogP contribution in [0.25, 0.3) is 0 Å². The van der Waals surface area contributed by atoms with Crippen LogP contribution in [-0.2, 0) is 9.84 Å². The van der Waals surface area contributed by atoms with E-state index >= 15 is 0 Å². The number of sulfone groups is 1. The lowest BCUT2D eigenvalue weighted by Gasteiger charge is -2.22. The van der Waals surface area contributed by atoms with Crippen molar-refractivity contribution < 1.29 is 18.3 Å². The zero-order valence-corrected chi connectivity index (χ0v) is 13.9. The molecule has 1 atom stereocenters. The average molecular weight is 352 g/mol. The predicted octanol–water partition coefficient (Wildman–Crippen LogP) is 1.17. The number of H-pyrrole nitrogens is 1. The third-order valence-electron chi connectivity index (χ3n) is 4.55. The van der Waals surface area contributed by atoms with Crippen LogP contribution in [0.4, 0.5) is 0 Å². The standard InChI is InChI=1S/C16H20N2O5S/c19-13-8-12(15(20)17-11-6-7-24(22,23)9-11)16(21)18-14(13)10-4-2-1-3-5-10/h6-8,10-11,19H,1-5,9H2,(H,17,20)(H,18,21). The molecule has 1 unspecified atom stereocenters. The summed E-state index contributed by atoms with van der Waals surface area (Å²) in [7, 11) is -3.29. The van der Waals surface area contributed by atoms with E-state index < -0.39 is 27.3 Å². The summed E-state index contributed by atoms with van der Waals surface area (Å²) in [5.74, 6) is -0.913. The van der Waals surface area contributed by atoms with Gasteiger partial charge in [-0.2, -0.15) is 0 Å². The largest absolute Gasteiger partial charge is 0.506 e. The van der Waals surface area contributed by atoms with E-state index in [0.717, 1.165) is 37.5 Å². The molecule has 3 rings (SSSR count). The number of rotatable bonds is 3. The molecule has 130 valence electrons. The van der Waals surface area contributed by atoms with Crippen LogP contribution in [0.15, 0.2) is 22.3 Å². The number of nitrogens with one attached hydrogen (secondary N) is 2. The lowest BCUT2D eigenvalue weighted by molar-refractivity contribution is 0.0945. The smallest absolute Gasteiger partial charge is 0.261 e. The van der Waals surface area contributed by atoms with E-state index in [9.17, 15) is 23.1 Å². The van der Waals surface area contributed by atoms with Crippen LogP contribution in [0.3, 0.4) is 0 Å². The molecular formula is C16H20N2O5S. The molecule has 1 aliphatic heterocycles. The van der Waals surface area contributed by atoms with E-state index in [1.54, 1.807) is 0 Å². The molecule has 2 aliphatic rings. The molecule has 0 saturated heterocycles. The van der Waals surface area contributed by atoms with Gasteiger partial charge in [0.25, 0.3) is 11.5 Å². The summed E-state index contributed by atoms with van der Waals surface area (Å²) >= 11 is 0. The van der Waals surface area contributed by atoms with Gasteiger partial charge in [-0.3, -0.25) is 9.59 Å². The van der Waals surface area contributed by atoms with E-state index in [0.29, 0.717) is 5.69 Å². The Hall–Kier alpha value is -2.09. The van der Waals surface area contributed by atoms with Gasteiger partial charge >= 0.3 is 0 Å². The number of aromatic hydroxyl groups is 1. The normalized spacial score (nSPS) is 23.2.